The summed E-state index contributed by atoms with van der Waals surface area (Å²) < 4.78 is 10.9. The van der Waals surface area contributed by atoms with E-state index in [0.29, 0.717) is 22.0 Å². The summed E-state index contributed by atoms with van der Waals surface area (Å²) in [5, 5.41) is 9.74. The highest BCUT2D eigenvalue weighted by Crippen LogP contribution is 2.38. The van der Waals surface area contributed by atoms with E-state index in [4.69, 9.17) is 21.7 Å². The number of benzene rings is 2. The molecule has 1 atom stereocenters. The van der Waals surface area contributed by atoms with Gasteiger partial charge in [-0.2, -0.15) is 0 Å². The highest BCUT2D eigenvalue weighted by molar-refractivity contribution is 8.26. The van der Waals surface area contributed by atoms with Crippen molar-refractivity contribution in [1.82, 2.24) is 4.90 Å². The van der Waals surface area contributed by atoms with Crippen LogP contribution in [0.3, 0.4) is 0 Å². The lowest BCUT2D eigenvalue weighted by Crippen LogP contribution is -2.45. The van der Waals surface area contributed by atoms with Crippen LogP contribution in [-0.4, -0.2) is 46.5 Å². The lowest BCUT2D eigenvalue weighted by atomic mass is 10.0. The van der Waals surface area contributed by atoms with Crippen LogP contribution in [0, 0.1) is 0 Å². The number of nitrogens with zero attached hydrogens (tertiary/aromatic N) is 1. The molecule has 0 spiro atoms. The standard InChI is InChI=1S/C21H19NO5S2/c1-26-16-10-6-9-14(18(16)27-2)12-17-19(23)22(21(28)29-17)15(20(24)25)11-13-7-4-3-5-8-13/h3-10,12,15H,11H2,1-2H3,(H,24,25)/b17-12+/t15-/m0/s1. The van der Waals surface area contributed by atoms with Gasteiger partial charge in [0.15, 0.2) is 11.5 Å². The molecule has 1 aliphatic rings. The highest BCUT2D eigenvalue weighted by atomic mass is 32.2. The number of aliphatic carboxylic acids is 1. The smallest absolute Gasteiger partial charge is 0.327 e. The lowest BCUT2D eigenvalue weighted by Gasteiger charge is -2.23. The quantitative estimate of drug-likeness (QED) is 0.532. The molecule has 1 aliphatic heterocycles. The Bertz CT molecular complexity index is 974. The number of methoxy groups -OCH3 is 2. The molecule has 1 amide bonds. The number of carbonyl (C=O) groups is 2. The molecule has 29 heavy (non-hydrogen) atoms. The van der Waals surface area contributed by atoms with E-state index >= 15 is 0 Å². The third kappa shape index (κ3) is 4.44. The van der Waals surface area contributed by atoms with Gasteiger partial charge in [-0.05, 0) is 17.7 Å². The first-order valence-electron chi connectivity index (χ1n) is 8.71. The number of carbonyl (C=O) groups excluding carboxylic acids is 1. The Labute approximate surface area is 178 Å². The van der Waals surface area contributed by atoms with E-state index in [0.717, 1.165) is 17.3 Å². The molecular formula is C21H19NO5S2. The Morgan fingerprint density at radius 2 is 1.90 bits per heavy atom. The number of rotatable bonds is 7. The Morgan fingerprint density at radius 3 is 2.52 bits per heavy atom. The Kier molecular flexibility index (Phi) is 6.56. The van der Waals surface area contributed by atoms with Crippen molar-refractivity contribution >= 4 is 46.3 Å². The van der Waals surface area contributed by atoms with Gasteiger partial charge in [0.1, 0.15) is 10.4 Å². The first-order chi connectivity index (χ1) is 14.0. The molecule has 8 heteroatoms. The fourth-order valence-electron chi connectivity index (χ4n) is 3.04. The van der Waals surface area contributed by atoms with Crippen molar-refractivity contribution in [1.29, 1.82) is 0 Å². The maximum absolute atomic E-state index is 13.0. The van der Waals surface area contributed by atoms with Gasteiger partial charge in [0.05, 0.1) is 19.1 Å². The normalized spacial score (nSPS) is 16.2. The summed E-state index contributed by atoms with van der Waals surface area (Å²) in [6, 6.07) is 13.4. The number of carboxylic acid groups (broad SMARTS) is 1. The molecule has 150 valence electrons. The molecule has 0 radical (unpaired) electrons. The first kappa shape index (κ1) is 20.9. The average Bonchev–Trinajstić information content (AvgIpc) is 2.99. The molecule has 6 nitrogen and oxygen atoms in total. The summed E-state index contributed by atoms with van der Waals surface area (Å²) in [4.78, 5) is 26.4. The number of thiocarbonyl (C=S) groups is 1. The third-order valence-corrected chi connectivity index (χ3v) is 5.74. The zero-order valence-electron chi connectivity index (χ0n) is 15.8. The highest BCUT2D eigenvalue weighted by Gasteiger charge is 2.40. The molecule has 0 bridgehead atoms. The SMILES string of the molecule is COc1cccc(/C=C2/SC(=S)N([C@@H](Cc3ccccc3)C(=O)O)C2=O)c1OC. The molecule has 1 saturated heterocycles. The fourth-order valence-corrected chi connectivity index (χ4v) is 4.39. The van der Waals surface area contributed by atoms with Gasteiger partial charge >= 0.3 is 5.97 Å². The van der Waals surface area contributed by atoms with Crippen LogP contribution in [0.5, 0.6) is 11.5 Å². The molecule has 2 aromatic carbocycles. The molecule has 0 unspecified atom stereocenters. The summed E-state index contributed by atoms with van der Waals surface area (Å²) in [7, 11) is 3.04. The molecular weight excluding hydrogens is 410 g/mol. The lowest BCUT2D eigenvalue weighted by molar-refractivity contribution is -0.145. The molecule has 1 N–H and O–H groups in total. The van der Waals surface area contributed by atoms with Crippen LogP contribution in [0.4, 0.5) is 0 Å². The van der Waals surface area contributed by atoms with Gasteiger partial charge in [-0.1, -0.05) is 66.4 Å². The van der Waals surface area contributed by atoms with E-state index in [1.54, 1.807) is 24.3 Å². The number of hydrogen-bond acceptors (Lipinski definition) is 6. The van der Waals surface area contributed by atoms with Crippen LogP contribution in [0.1, 0.15) is 11.1 Å². The van der Waals surface area contributed by atoms with Crippen LogP contribution >= 0.6 is 24.0 Å². The van der Waals surface area contributed by atoms with Crippen molar-refractivity contribution in [2.45, 2.75) is 12.5 Å². The van der Waals surface area contributed by atoms with Crippen LogP contribution in [0.25, 0.3) is 6.08 Å². The number of ether oxygens (including phenoxy) is 2. The maximum Gasteiger partial charge on any atom is 0.327 e. The van der Waals surface area contributed by atoms with Crippen molar-refractivity contribution in [3.05, 3.63) is 64.6 Å². The second-order valence-corrected chi connectivity index (χ2v) is 7.85. The van der Waals surface area contributed by atoms with E-state index in [9.17, 15) is 14.7 Å². The summed E-state index contributed by atoms with van der Waals surface area (Å²) in [6.45, 7) is 0. The molecule has 3 rings (SSSR count). The largest absolute Gasteiger partial charge is 0.493 e. The topological polar surface area (TPSA) is 76.1 Å². The third-order valence-electron chi connectivity index (χ3n) is 4.41. The molecule has 1 fully saturated rings. The van der Waals surface area contributed by atoms with Crippen LogP contribution in [0.2, 0.25) is 0 Å². The number of amides is 1. The number of carboxylic acids is 1. The molecule has 0 saturated carbocycles. The van der Waals surface area contributed by atoms with Gasteiger partial charge in [0, 0.05) is 12.0 Å². The molecule has 0 aliphatic carbocycles. The summed E-state index contributed by atoms with van der Waals surface area (Å²) in [5.74, 6) is -0.526. The first-order valence-corrected chi connectivity index (χ1v) is 9.93. The number of hydrogen-bond donors (Lipinski definition) is 1. The van der Waals surface area contributed by atoms with E-state index in [-0.39, 0.29) is 10.7 Å². The maximum atomic E-state index is 13.0. The van der Waals surface area contributed by atoms with E-state index in [1.807, 2.05) is 30.3 Å². The van der Waals surface area contributed by atoms with E-state index < -0.39 is 17.9 Å². The summed E-state index contributed by atoms with van der Waals surface area (Å²) in [5.41, 5.74) is 1.45. The predicted molar refractivity (Wildman–Crippen MR) is 116 cm³/mol. The second kappa shape index (κ2) is 9.11. The zero-order valence-corrected chi connectivity index (χ0v) is 17.5. The molecule has 1 heterocycles. The number of para-hydroxylation sites is 1. The van der Waals surface area contributed by atoms with E-state index in [2.05, 4.69) is 0 Å². The minimum atomic E-state index is -1.11. The Balaban J connectivity index is 1.93. The molecule has 2 aromatic rings. The average molecular weight is 430 g/mol. The van der Waals surface area contributed by atoms with Crippen molar-refractivity contribution in [2.75, 3.05) is 14.2 Å². The Morgan fingerprint density at radius 1 is 1.17 bits per heavy atom. The van der Waals surface area contributed by atoms with Crippen LogP contribution in [-0.2, 0) is 16.0 Å². The number of thioether (sulfide) groups is 1. The van der Waals surface area contributed by atoms with Gasteiger partial charge in [-0.3, -0.25) is 9.69 Å². The van der Waals surface area contributed by atoms with E-state index in [1.165, 1.54) is 19.1 Å². The predicted octanol–water partition coefficient (Wildman–Crippen LogP) is 3.60. The minimum absolute atomic E-state index is 0.165. The van der Waals surface area contributed by atoms with Crippen molar-refractivity contribution in [2.24, 2.45) is 0 Å². The molecule has 0 aromatic heterocycles. The minimum Gasteiger partial charge on any atom is -0.493 e. The van der Waals surface area contributed by atoms with Crippen molar-refractivity contribution in [3.63, 3.8) is 0 Å². The summed E-state index contributed by atoms with van der Waals surface area (Å²) in [6.07, 6.45) is 1.81. The van der Waals surface area contributed by atoms with Crippen molar-refractivity contribution in [3.8, 4) is 11.5 Å². The van der Waals surface area contributed by atoms with Gasteiger partial charge in [0.2, 0.25) is 0 Å². The van der Waals surface area contributed by atoms with Crippen LogP contribution in [0.15, 0.2) is 53.4 Å². The van der Waals surface area contributed by atoms with Crippen LogP contribution < -0.4 is 9.47 Å². The summed E-state index contributed by atoms with van der Waals surface area (Å²) >= 11 is 6.42. The van der Waals surface area contributed by atoms with Gasteiger partial charge in [-0.25, -0.2) is 4.79 Å². The zero-order chi connectivity index (χ0) is 21.0. The van der Waals surface area contributed by atoms with Gasteiger partial charge in [-0.15, -0.1) is 0 Å². The van der Waals surface area contributed by atoms with Crippen molar-refractivity contribution < 1.29 is 24.2 Å². The monoisotopic (exact) mass is 429 g/mol. The van der Waals surface area contributed by atoms with Gasteiger partial charge < -0.3 is 14.6 Å². The fraction of sp³-hybridized carbons (Fsp3) is 0.190. The van der Waals surface area contributed by atoms with Gasteiger partial charge in [0.25, 0.3) is 5.91 Å². The Hall–Kier alpha value is -2.84. The second-order valence-electron chi connectivity index (χ2n) is 6.18.